The molecule has 4 N–H and O–H groups in total. The molecule has 274 valence electrons. The van der Waals surface area contributed by atoms with Crippen LogP contribution in [0.15, 0.2) is 30.3 Å². The lowest BCUT2D eigenvalue weighted by Crippen LogP contribution is -2.57. The Morgan fingerprint density at radius 2 is 1.54 bits per heavy atom. The second-order valence-electron chi connectivity index (χ2n) is 12.4. The standard InChI is InChI=1S/C32H38F6N6O6/c33-31(34,35)21-6-4-20(5-7-21)10-14-39-28(48)23-13-17-44(23)25-18-24(41-30(42-25)32(36,37)38)43-15-11-19(12-16-43)2-1-3-26(45)40-22(29(49)50)8-9-27(46)47/h4-7,18-19,22-23H,1-3,8-17H2,(H,39,48)(H,40,45)(H,46,47)(H,49,50)/t22?,23-/m0/s1. The summed E-state index contributed by atoms with van der Waals surface area (Å²) in [6, 6.07) is 3.88. The second kappa shape index (κ2) is 16.4. The molecule has 0 spiro atoms. The first-order valence-corrected chi connectivity index (χ1v) is 16.2. The summed E-state index contributed by atoms with van der Waals surface area (Å²) in [7, 11) is 0. The van der Waals surface area contributed by atoms with E-state index in [0.717, 1.165) is 12.1 Å². The number of nitrogens with one attached hydrogen (secondary N) is 2. The number of carbonyl (C=O) groups is 4. The number of piperidine rings is 1. The van der Waals surface area contributed by atoms with Crippen LogP contribution in [-0.4, -0.2) is 82.2 Å². The highest BCUT2D eigenvalue weighted by atomic mass is 19.4. The summed E-state index contributed by atoms with van der Waals surface area (Å²) < 4.78 is 79.9. The van der Waals surface area contributed by atoms with Gasteiger partial charge in [-0.05, 0) is 68.6 Å². The molecule has 50 heavy (non-hydrogen) atoms. The van der Waals surface area contributed by atoms with Gasteiger partial charge >= 0.3 is 24.3 Å². The van der Waals surface area contributed by atoms with Crippen molar-refractivity contribution in [2.75, 3.05) is 36.0 Å². The number of amides is 2. The summed E-state index contributed by atoms with van der Waals surface area (Å²) in [6.45, 7) is 1.17. The van der Waals surface area contributed by atoms with Crippen LogP contribution in [0.2, 0.25) is 0 Å². The largest absolute Gasteiger partial charge is 0.481 e. The fourth-order valence-corrected chi connectivity index (χ4v) is 5.89. The summed E-state index contributed by atoms with van der Waals surface area (Å²) in [4.78, 5) is 57.8. The molecule has 0 bridgehead atoms. The van der Waals surface area contributed by atoms with Gasteiger partial charge in [0.05, 0.1) is 5.56 Å². The highest BCUT2D eigenvalue weighted by Gasteiger charge is 2.40. The Morgan fingerprint density at radius 1 is 0.880 bits per heavy atom. The molecule has 2 aliphatic heterocycles. The van der Waals surface area contributed by atoms with Crippen molar-refractivity contribution in [2.45, 2.75) is 82.2 Å². The molecule has 0 aliphatic carbocycles. The number of aromatic nitrogens is 2. The number of benzene rings is 1. The monoisotopic (exact) mass is 716 g/mol. The molecule has 12 nitrogen and oxygen atoms in total. The molecule has 2 fully saturated rings. The van der Waals surface area contributed by atoms with Crippen LogP contribution in [0.25, 0.3) is 0 Å². The molecule has 3 heterocycles. The third kappa shape index (κ3) is 10.7. The first kappa shape index (κ1) is 38.2. The van der Waals surface area contributed by atoms with Gasteiger partial charge in [0.1, 0.15) is 23.7 Å². The van der Waals surface area contributed by atoms with Crippen molar-refractivity contribution >= 4 is 35.4 Å². The molecule has 2 aromatic rings. The van der Waals surface area contributed by atoms with Crippen LogP contribution in [0.4, 0.5) is 38.0 Å². The number of hydrogen-bond donors (Lipinski definition) is 4. The zero-order chi connectivity index (χ0) is 36.6. The lowest BCUT2D eigenvalue weighted by atomic mass is 9.91. The van der Waals surface area contributed by atoms with Gasteiger partial charge < -0.3 is 30.6 Å². The van der Waals surface area contributed by atoms with E-state index in [1.165, 1.54) is 23.1 Å². The van der Waals surface area contributed by atoms with Crippen molar-refractivity contribution in [3.8, 4) is 0 Å². The van der Waals surface area contributed by atoms with Crippen molar-refractivity contribution in [1.29, 1.82) is 0 Å². The number of carboxylic acid groups (broad SMARTS) is 2. The van der Waals surface area contributed by atoms with Gasteiger partial charge in [-0.15, -0.1) is 0 Å². The van der Waals surface area contributed by atoms with Gasteiger partial charge in [0.15, 0.2) is 0 Å². The lowest BCUT2D eigenvalue weighted by Gasteiger charge is -2.41. The van der Waals surface area contributed by atoms with Crippen LogP contribution in [0.5, 0.6) is 0 Å². The molecule has 0 radical (unpaired) electrons. The third-order valence-corrected chi connectivity index (χ3v) is 8.80. The van der Waals surface area contributed by atoms with E-state index in [9.17, 15) is 50.6 Å². The van der Waals surface area contributed by atoms with Gasteiger partial charge in [0.2, 0.25) is 17.6 Å². The molecule has 4 rings (SSSR count). The van der Waals surface area contributed by atoms with E-state index in [1.807, 2.05) is 0 Å². The Morgan fingerprint density at radius 3 is 2.10 bits per heavy atom. The predicted octanol–water partition coefficient (Wildman–Crippen LogP) is 4.27. The van der Waals surface area contributed by atoms with Gasteiger partial charge in [-0.25, -0.2) is 14.8 Å². The Hall–Kier alpha value is -4.64. The Kier molecular flexibility index (Phi) is 12.5. The summed E-state index contributed by atoms with van der Waals surface area (Å²) in [5, 5.41) is 23.0. The van der Waals surface area contributed by atoms with E-state index in [2.05, 4.69) is 20.6 Å². The molecule has 18 heteroatoms. The summed E-state index contributed by atoms with van der Waals surface area (Å²) in [5.41, 5.74) is -0.210. The zero-order valence-electron chi connectivity index (χ0n) is 26.9. The summed E-state index contributed by atoms with van der Waals surface area (Å²) in [5.74, 6) is -4.61. The summed E-state index contributed by atoms with van der Waals surface area (Å²) >= 11 is 0. The molecule has 2 saturated heterocycles. The highest BCUT2D eigenvalue weighted by molar-refractivity contribution is 5.87. The highest BCUT2D eigenvalue weighted by Crippen LogP contribution is 2.35. The molecule has 1 unspecified atom stereocenters. The number of hydrogen-bond acceptors (Lipinski definition) is 8. The quantitative estimate of drug-likeness (QED) is 0.196. The molecule has 2 aliphatic rings. The fraction of sp³-hybridized carbons (Fsp3) is 0.562. The van der Waals surface area contributed by atoms with Gasteiger partial charge in [-0.1, -0.05) is 12.1 Å². The van der Waals surface area contributed by atoms with E-state index >= 15 is 0 Å². The number of carbonyl (C=O) groups excluding carboxylic acids is 2. The van der Waals surface area contributed by atoms with Gasteiger partial charge in [-0.2, -0.15) is 26.3 Å². The second-order valence-corrected chi connectivity index (χ2v) is 12.4. The SMILES string of the molecule is O=C(O)CCC(NC(=O)CCCC1CCN(c2cc(N3CC[C@H]3C(=O)NCCc3ccc(C(F)(F)F)cc3)nc(C(F)(F)F)n2)CC1)C(=O)O. The molecule has 1 aromatic carbocycles. The number of nitrogens with zero attached hydrogens (tertiary/aromatic N) is 4. The number of carboxylic acids is 2. The molecule has 1 aromatic heterocycles. The summed E-state index contributed by atoms with van der Waals surface area (Å²) in [6.07, 6.45) is -7.00. The van der Waals surface area contributed by atoms with Crippen LogP contribution < -0.4 is 20.4 Å². The maximum absolute atomic E-state index is 13.8. The van der Waals surface area contributed by atoms with E-state index in [1.54, 1.807) is 4.90 Å². The van der Waals surface area contributed by atoms with Crippen LogP contribution in [0, 0.1) is 5.92 Å². The number of rotatable bonds is 15. The average Bonchev–Trinajstić information content (AvgIpc) is 3.02. The van der Waals surface area contributed by atoms with E-state index < -0.39 is 66.0 Å². The van der Waals surface area contributed by atoms with Crippen LogP contribution in [-0.2, 0) is 38.0 Å². The maximum atomic E-state index is 13.8. The van der Waals surface area contributed by atoms with Crippen LogP contribution >= 0.6 is 0 Å². The minimum absolute atomic E-state index is 0.0426. The molecular formula is C32H38F6N6O6. The first-order valence-electron chi connectivity index (χ1n) is 16.2. The number of anilines is 2. The first-order chi connectivity index (χ1) is 23.5. The van der Waals surface area contributed by atoms with Crippen molar-refractivity contribution in [2.24, 2.45) is 5.92 Å². The predicted molar refractivity (Wildman–Crippen MR) is 166 cm³/mol. The van der Waals surface area contributed by atoms with Gasteiger partial charge in [-0.3, -0.25) is 14.4 Å². The van der Waals surface area contributed by atoms with Crippen LogP contribution in [0.3, 0.4) is 0 Å². The maximum Gasteiger partial charge on any atom is 0.451 e. The Bertz CT molecular complexity index is 1510. The minimum atomic E-state index is -4.85. The topological polar surface area (TPSA) is 165 Å². The molecular weight excluding hydrogens is 678 g/mol. The minimum Gasteiger partial charge on any atom is -0.481 e. The fourth-order valence-electron chi connectivity index (χ4n) is 5.89. The van der Waals surface area contributed by atoms with E-state index in [0.29, 0.717) is 50.8 Å². The van der Waals surface area contributed by atoms with Crippen LogP contribution in [0.1, 0.15) is 68.3 Å². The smallest absolute Gasteiger partial charge is 0.451 e. The number of halogens is 6. The number of aliphatic carboxylic acids is 2. The van der Waals surface area contributed by atoms with Crippen molar-refractivity contribution in [3.63, 3.8) is 0 Å². The normalized spacial score (nSPS) is 17.5. The van der Waals surface area contributed by atoms with Gasteiger partial charge in [0, 0.05) is 45.1 Å². The lowest BCUT2D eigenvalue weighted by molar-refractivity contribution is -0.145. The molecule has 0 saturated carbocycles. The van der Waals surface area contributed by atoms with Gasteiger partial charge in [0.25, 0.3) is 0 Å². The number of alkyl halides is 6. The van der Waals surface area contributed by atoms with E-state index in [4.69, 9.17) is 5.11 Å². The van der Waals surface area contributed by atoms with Crippen molar-refractivity contribution in [1.82, 2.24) is 20.6 Å². The molecule has 2 atom stereocenters. The average molecular weight is 717 g/mol. The Balaban J connectivity index is 1.29. The van der Waals surface area contributed by atoms with E-state index in [-0.39, 0.29) is 49.9 Å². The third-order valence-electron chi connectivity index (χ3n) is 8.80. The Labute approximate surface area is 283 Å². The zero-order valence-corrected chi connectivity index (χ0v) is 26.9. The van der Waals surface area contributed by atoms with Crippen molar-refractivity contribution in [3.05, 3.63) is 47.3 Å². The molecule has 2 amide bonds. The van der Waals surface area contributed by atoms with Crippen molar-refractivity contribution < 1.29 is 55.7 Å².